The van der Waals surface area contributed by atoms with E-state index >= 15 is 0 Å². The number of halogens is 3. The van der Waals surface area contributed by atoms with Crippen LogP contribution in [0.2, 0.25) is 0 Å². The summed E-state index contributed by atoms with van der Waals surface area (Å²) in [6, 6.07) is 4.57. The van der Waals surface area contributed by atoms with Gasteiger partial charge in [0.05, 0.1) is 17.2 Å². The lowest BCUT2D eigenvalue weighted by Gasteiger charge is -2.21. The van der Waals surface area contributed by atoms with Crippen LogP contribution in [0.15, 0.2) is 12.1 Å². The topological polar surface area (TPSA) is 23.8 Å². The summed E-state index contributed by atoms with van der Waals surface area (Å²) in [6.07, 6.45) is -1.61. The first-order valence-electron chi connectivity index (χ1n) is 5.16. The van der Waals surface area contributed by atoms with Gasteiger partial charge in [-0.05, 0) is 42.9 Å². The molecule has 16 heavy (non-hydrogen) atoms. The molecule has 0 atom stereocenters. The van der Waals surface area contributed by atoms with E-state index in [4.69, 9.17) is 5.26 Å². The van der Waals surface area contributed by atoms with Gasteiger partial charge in [-0.3, -0.25) is 0 Å². The minimum atomic E-state index is -4.42. The van der Waals surface area contributed by atoms with Crippen molar-refractivity contribution in [1.82, 2.24) is 0 Å². The quantitative estimate of drug-likeness (QED) is 0.663. The first-order chi connectivity index (χ1) is 7.54. The summed E-state index contributed by atoms with van der Waals surface area (Å²) in [6.45, 7) is 0. The zero-order valence-electron chi connectivity index (χ0n) is 8.56. The number of nitriles is 1. The van der Waals surface area contributed by atoms with Crippen molar-refractivity contribution in [2.45, 2.75) is 31.9 Å². The molecule has 0 fully saturated rings. The molecule has 0 aromatic heterocycles. The molecule has 1 aliphatic rings. The molecule has 0 saturated heterocycles. The molecule has 0 saturated carbocycles. The Labute approximate surface area is 91.5 Å². The molecule has 4 heteroatoms. The van der Waals surface area contributed by atoms with E-state index < -0.39 is 11.7 Å². The van der Waals surface area contributed by atoms with Crippen molar-refractivity contribution in [2.24, 2.45) is 0 Å². The molecule has 1 aliphatic carbocycles. The molecule has 1 aromatic rings. The third-order valence-electron chi connectivity index (χ3n) is 2.94. The zero-order chi connectivity index (χ0) is 11.8. The van der Waals surface area contributed by atoms with Gasteiger partial charge in [0.25, 0.3) is 0 Å². The van der Waals surface area contributed by atoms with Gasteiger partial charge in [0.1, 0.15) is 0 Å². The van der Waals surface area contributed by atoms with E-state index in [1.165, 1.54) is 6.07 Å². The van der Waals surface area contributed by atoms with Crippen LogP contribution in [0, 0.1) is 11.3 Å². The number of hydrogen-bond donors (Lipinski definition) is 0. The average Bonchev–Trinajstić information content (AvgIpc) is 2.26. The molecule has 0 heterocycles. The third-order valence-corrected chi connectivity index (χ3v) is 2.94. The minimum Gasteiger partial charge on any atom is -0.192 e. The molecule has 1 aromatic carbocycles. The smallest absolute Gasteiger partial charge is 0.192 e. The molecular formula is C12H10F3N. The molecule has 1 nitrogen and oxygen atoms in total. The summed E-state index contributed by atoms with van der Waals surface area (Å²) in [5, 5.41) is 8.73. The van der Waals surface area contributed by atoms with Crippen LogP contribution in [0.25, 0.3) is 0 Å². The van der Waals surface area contributed by atoms with Crippen LogP contribution in [-0.2, 0) is 19.0 Å². The van der Waals surface area contributed by atoms with E-state index in [0.717, 1.165) is 18.4 Å². The van der Waals surface area contributed by atoms with E-state index in [9.17, 15) is 13.2 Å². The van der Waals surface area contributed by atoms with Gasteiger partial charge in [0.15, 0.2) is 0 Å². The highest BCUT2D eigenvalue weighted by Gasteiger charge is 2.37. The third kappa shape index (κ3) is 1.78. The molecule has 0 N–H and O–H groups in total. The Bertz CT molecular complexity index is 455. The Morgan fingerprint density at radius 3 is 2.44 bits per heavy atom. The second kappa shape index (κ2) is 3.82. The van der Waals surface area contributed by atoms with Gasteiger partial charge in [0, 0.05) is 0 Å². The van der Waals surface area contributed by atoms with E-state index in [2.05, 4.69) is 0 Å². The number of rotatable bonds is 0. The van der Waals surface area contributed by atoms with Crippen LogP contribution < -0.4 is 0 Å². The maximum absolute atomic E-state index is 12.9. The van der Waals surface area contributed by atoms with Crippen molar-refractivity contribution in [3.63, 3.8) is 0 Å². The summed E-state index contributed by atoms with van der Waals surface area (Å²) < 4.78 is 38.6. The van der Waals surface area contributed by atoms with Crippen LogP contribution in [0.3, 0.4) is 0 Å². The van der Waals surface area contributed by atoms with Crippen LogP contribution in [0.5, 0.6) is 0 Å². The molecule has 0 bridgehead atoms. The Morgan fingerprint density at radius 1 is 1.12 bits per heavy atom. The van der Waals surface area contributed by atoms with Gasteiger partial charge in [-0.2, -0.15) is 18.4 Å². The highest BCUT2D eigenvalue weighted by molar-refractivity contribution is 5.49. The van der Waals surface area contributed by atoms with E-state index in [1.807, 2.05) is 0 Å². The standard InChI is InChI=1S/C12H10F3N/c13-12(14,15)11-9(7-16)6-5-8-3-1-2-4-10(8)11/h5-6H,1-4H2. The summed E-state index contributed by atoms with van der Waals surface area (Å²) in [5.41, 5.74) is 0.107. The Hall–Kier alpha value is -1.50. The SMILES string of the molecule is N#Cc1ccc2c(c1C(F)(F)F)CCCC2. The Morgan fingerprint density at radius 2 is 1.81 bits per heavy atom. The second-order valence-electron chi connectivity index (χ2n) is 3.94. The van der Waals surface area contributed by atoms with Crippen LogP contribution >= 0.6 is 0 Å². The van der Waals surface area contributed by atoms with Crippen LogP contribution in [0.1, 0.15) is 35.1 Å². The highest BCUT2D eigenvalue weighted by Crippen LogP contribution is 2.38. The summed E-state index contributed by atoms with van der Waals surface area (Å²) in [7, 11) is 0. The first kappa shape index (κ1) is 11.0. The monoisotopic (exact) mass is 225 g/mol. The van der Waals surface area contributed by atoms with Gasteiger partial charge in [-0.1, -0.05) is 6.07 Å². The fourth-order valence-electron chi connectivity index (χ4n) is 2.24. The molecule has 0 spiro atoms. The molecule has 0 aliphatic heterocycles. The van der Waals surface area contributed by atoms with Gasteiger partial charge in [-0.25, -0.2) is 0 Å². The molecule has 2 rings (SSSR count). The van der Waals surface area contributed by atoms with Crippen molar-refractivity contribution in [3.05, 3.63) is 34.4 Å². The number of fused-ring (bicyclic) bond motifs is 1. The fourth-order valence-corrected chi connectivity index (χ4v) is 2.24. The highest BCUT2D eigenvalue weighted by atomic mass is 19.4. The molecular weight excluding hydrogens is 215 g/mol. The Balaban J connectivity index is 2.67. The van der Waals surface area contributed by atoms with E-state index in [1.54, 1.807) is 12.1 Å². The van der Waals surface area contributed by atoms with Crippen LogP contribution in [0.4, 0.5) is 13.2 Å². The fraction of sp³-hybridized carbons (Fsp3) is 0.417. The maximum atomic E-state index is 12.9. The molecule has 0 unspecified atom stereocenters. The predicted octanol–water partition coefficient (Wildman–Crippen LogP) is 3.46. The lowest BCUT2D eigenvalue weighted by Crippen LogP contribution is -2.16. The van der Waals surface area contributed by atoms with Crippen molar-refractivity contribution < 1.29 is 13.2 Å². The second-order valence-corrected chi connectivity index (χ2v) is 3.94. The number of aryl methyl sites for hydroxylation is 1. The van der Waals surface area contributed by atoms with Crippen molar-refractivity contribution in [3.8, 4) is 6.07 Å². The first-order valence-corrected chi connectivity index (χ1v) is 5.16. The summed E-state index contributed by atoms with van der Waals surface area (Å²) in [5.74, 6) is 0. The maximum Gasteiger partial charge on any atom is 0.417 e. The number of hydrogen-bond acceptors (Lipinski definition) is 1. The van der Waals surface area contributed by atoms with Gasteiger partial charge >= 0.3 is 6.18 Å². The number of benzene rings is 1. The minimum absolute atomic E-state index is 0.256. The van der Waals surface area contributed by atoms with E-state index in [-0.39, 0.29) is 5.56 Å². The molecule has 0 amide bonds. The lowest BCUT2D eigenvalue weighted by molar-refractivity contribution is -0.138. The molecule has 0 radical (unpaired) electrons. The summed E-state index contributed by atoms with van der Waals surface area (Å²) in [4.78, 5) is 0. The zero-order valence-corrected chi connectivity index (χ0v) is 8.56. The van der Waals surface area contributed by atoms with Crippen LogP contribution in [-0.4, -0.2) is 0 Å². The Kier molecular flexibility index (Phi) is 2.63. The van der Waals surface area contributed by atoms with Gasteiger partial charge in [-0.15, -0.1) is 0 Å². The van der Waals surface area contributed by atoms with Gasteiger partial charge < -0.3 is 0 Å². The van der Waals surface area contributed by atoms with Crippen molar-refractivity contribution in [2.75, 3.05) is 0 Å². The summed E-state index contributed by atoms with van der Waals surface area (Å²) >= 11 is 0. The molecule has 84 valence electrons. The normalized spacial score (nSPS) is 15.4. The largest absolute Gasteiger partial charge is 0.417 e. The average molecular weight is 225 g/mol. The lowest BCUT2D eigenvalue weighted by atomic mass is 9.86. The predicted molar refractivity (Wildman–Crippen MR) is 52.8 cm³/mol. The van der Waals surface area contributed by atoms with Crippen molar-refractivity contribution >= 4 is 0 Å². The van der Waals surface area contributed by atoms with Gasteiger partial charge in [0.2, 0.25) is 0 Å². The van der Waals surface area contributed by atoms with E-state index in [0.29, 0.717) is 18.4 Å². The number of nitrogens with zero attached hydrogens (tertiary/aromatic N) is 1. The number of alkyl halides is 3. The van der Waals surface area contributed by atoms with Crippen molar-refractivity contribution in [1.29, 1.82) is 5.26 Å².